The molecule has 31 heavy (non-hydrogen) atoms. The third-order valence-electron chi connectivity index (χ3n) is 5.50. The van der Waals surface area contributed by atoms with Gasteiger partial charge in [-0.25, -0.2) is 9.97 Å². The molecule has 3 atom stereocenters. The van der Waals surface area contributed by atoms with Gasteiger partial charge < -0.3 is 20.8 Å². The fourth-order valence-electron chi connectivity index (χ4n) is 3.86. The van der Waals surface area contributed by atoms with Crippen LogP contribution in [0.1, 0.15) is 23.4 Å². The molecule has 0 unspecified atom stereocenters. The number of aliphatic hydroxyl groups is 2. The maximum absolute atomic E-state index is 10.4. The third-order valence-corrected chi connectivity index (χ3v) is 7.43. The standard InChI is InChI=1S/C22H23N5O2S2/c1-12-18(21-26-14-6-2-3-7-17(14)31-21)20(25-15-8-9-16(28)19(15)29)27-22(24-12)23-11-13-5-4-10-30-13/h2-7,10,15-16,19,28-29H,8-9,11H2,1H3,(H2,23,24,25,27)/t15-,16-,19+/m1/s1. The number of aromatic nitrogens is 3. The number of aryl methyl sites for hydroxylation is 1. The van der Waals surface area contributed by atoms with Gasteiger partial charge in [0.15, 0.2) is 0 Å². The predicted octanol–water partition coefficient (Wildman–Crippen LogP) is 4.03. The van der Waals surface area contributed by atoms with Crippen LogP contribution in [0.3, 0.4) is 0 Å². The number of aliphatic hydroxyl groups excluding tert-OH is 2. The molecule has 4 N–H and O–H groups in total. The zero-order chi connectivity index (χ0) is 21.4. The fraction of sp³-hybridized carbons (Fsp3) is 0.318. The van der Waals surface area contributed by atoms with Crippen LogP contribution in [0.5, 0.6) is 0 Å². The smallest absolute Gasteiger partial charge is 0.225 e. The minimum absolute atomic E-state index is 0.275. The molecule has 0 spiro atoms. The Morgan fingerprint density at radius 3 is 2.68 bits per heavy atom. The number of thiophene rings is 1. The number of rotatable bonds is 6. The second-order valence-electron chi connectivity index (χ2n) is 7.66. The summed E-state index contributed by atoms with van der Waals surface area (Å²) in [5, 5.41) is 29.9. The molecular formula is C22H23N5O2S2. The van der Waals surface area contributed by atoms with Gasteiger partial charge in [-0.05, 0) is 43.3 Å². The van der Waals surface area contributed by atoms with Crippen LogP contribution < -0.4 is 10.6 Å². The summed E-state index contributed by atoms with van der Waals surface area (Å²) in [4.78, 5) is 15.4. The van der Waals surface area contributed by atoms with Crippen LogP contribution in [0, 0.1) is 6.92 Å². The van der Waals surface area contributed by atoms with Gasteiger partial charge in [0.2, 0.25) is 5.95 Å². The van der Waals surface area contributed by atoms with E-state index in [1.165, 1.54) is 4.88 Å². The van der Waals surface area contributed by atoms with Crippen molar-refractivity contribution in [2.45, 2.75) is 44.6 Å². The van der Waals surface area contributed by atoms with E-state index in [4.69, 9.17) is 9.97 Å². The first-order chi connectivity index (χ1) is 15.1. The average molecular weight is 454 g/mol. The highest BCUT2D eigenvalue weighted by molar-refractivity contribution is 7.21. The van der Waals surface area contributed by atoms with Crippen molar-refractivity contribution in [1.29, 1.82) is 0 Å². The quantitative estimate of drug-likeness (QED) is 0.349. The maximum atomic E-state index is 10.4. The van der Waals surface area contributed by atoms with Crippen molar-refractivity contribution in [3.63, 3.8) is 0 Å². The van der Waals surface area contributed by atoms with Crippen molar-refractivity contribution < 1.29 is 10.2 Å². The number of para-hydroxylation sites is 1. The summed E-state index contributed by atoms with van der Waals surface area (Å²) in [6.07, 6.45) is -0.324. The molecule has 1 aromatic carbocycles. The van der Waals surface area contributed by atoms with Crippen LogP contribution >= 0.6 is 22.7 Å². The molecule has 0 bridgehead atoms. The van der Waals surface area contributed by atoms with Crippen LogP contribution in [0.25, 0.3) is 20.8 Å². The van der Waals surface area contributed by atoms with Crippen LogP contribution in [0.2, 0.25) is 0 Å². The van der Waals surface area contributed by atoms with E-state index in [1.54, 1.807) is 22.7 Å². The molecule has 0 radical (unpaired) electrons. The molecule has 1 aliphatic carbocycles. The lowest BCUT2D eigenvalue weighted by atomic mass is 10.1. The topological polar surface area (TPSA) is 103 Å². The Kier molecular flexibility index (Phi) is 5.58. The summed E-state index contributed by atoms with van der Waals surface area (Å²) in [5.41, 5.74) is 2.57. The number of benzene rings is 1. The molecule has 0 aliphatic heterocycles. The number of hydrogen-bond donors (Lipinski definition) is 4. The van der Waals surface area contributed by atoms with Gasteiger partial charge in [-0.1, -0.05) is 18.2 Å². The Morgan fingerprint density at radius 1 is 1.06 bits per heavy atom. The SMILES string of the molecule is Cc1nc(NCc2cccs2)nc(N[C@@H]2CC[C@@H](O)[C@H]2O)c1-c1nc2ccccc2s1. The third kappa shape index (κ3) is 4.14. The maximum Gasteiger partial charge on any atom is 0.225 e. The molecule has 0 saturated heterocycles. The molecule has 3 aromatic heterocycles. The molecular weight excluding hydrogens is 430 g/mol. The van der Waals surface area contributed by atoms with Gasteiger partial charge in [0.25, 0.3) is 0 Å². The second kappa shape index (κ2) is 8.51. The zero-order valence-electron chi connectivity index (χ0n) is 16.9. The normalized spacial score (nSPS) is 20.9. The summed E-state index contributed by atoms with van der Waals surface area (Å²) in [5.74, 6) is 1.14. The van der Waals surface area contributed by atoms with Crippen molar-refractivity contribution in [1.82, 2.24) is 15.0 Å². The Balaban J connectivity index is 1.53. The molecule has 0 amide bonds. The average Bonchev–Trinajstić information content (AvgIpc) is 3.49. The van der Waals surface area contributed by atoms with Gasteiger partial charge in [-0.3, -0.25) is 0 Å². The lowest BCUT2D eigenvalue weighted by molar-refractivity contribution is 0.0391. The van der Waals surface area contributed by atoms with Crippen molar-refractivity contribution in [3.05, 3.63) is 52.3 Å². The summed E-state index contributed by atoms with van der Waals surface area (Å²) in [6.45, 7) is 2.59. The first-order valence-electron chi connectivity index (χ1n) is 10.2. The van der Waals surface area contributed by atoms with E-state index < -0.39 is 12.2 Å². The largest absolute Gasteiger partial charge is 0.390 e. The van der Waals surface area contributed by atoms with Gasteiger partial charge >= 0.3 is 0 Å². The van der Waals surface area contributed by atoms with Gasteiger partial charge in [0.05, 0.1) is 46.3 Å². The monoisotopic (exact) mass is 453 g/mol. The highest BCUT2D eigenvalue weighted by atomic mass is 32.1. The van der Waals surface area contributed by atoms with E-state index >= 15 is 0 Å². The van der Waals surface area contributed by atoms with Gasteiger partial charge in [-0.2, -0.15) is 4.98 Å². The summed E-state index contributed by atoms with van der Waals surface area (Å²) in [7, 11) is 0. The number of anilines is 2. The number of nitrogens with one attached hydrogen (secondary N) is 2. The first-order valence-corrected chi connectivity index (χ1v) is 11.9. The van der Waals surface area contributed by atoms with Crippen LogP contribution in [-0.2, 0) is 6.54 Å². The number of nitrogens with zero attached hydrogens (tertiary/aromatic N) is 3. The number of thiazole rings is 1. The molecule has 160 valence electrons. The lowest BCUT2D eigenvalue weighted by Crippen LogP contribution is -2.34. The molecule has 4 aromatic rings. The van der Waals surface area contributed by atoms with Gasteiger partial charge in [-0.15, -0.1) is 22.7 Å². The molecule has 1 aliphatic rings. The van der Waals surface area contributed by atoms with Crippen LogP contribution in [-0.4, -0.2) is 43.4 Å². The molecule has 3 heterocycles. The minimum Gasteiger partial charge on any atom is -0.390 e. The van der Waals surface area contributed by atoms with Crippen LogP contribution in [0.15, 0.2) is 41.8 Å². The van der Waals surface area contributed by atoms with E-state index in [0.29, 0.717) is 31.2 Å². The Labute approximate surface area is 187 Å². The van der Waals surface area contributed by atoms with Gasteiger partial charge in [0.1, 0.15) is 10.8 Å². The Hall–Kier alpha value is -2.59. The molecule has 7 nitrogen and oxygen atoms in total. The lowest BCUT2D eigenvalue weighted by Gasteiger charge is -2.21. The fourth-order valence-corrected chi connectivity index (χ4v) is 5.57. The van der Waals surface area contributed by atoms with Crippen molar-refractivity contribution >= 4 is 44.7 Å². The van der Waals surface area contributed by atoms with Crippen molar-refractivity contribution in [3.8, 4) is 10.6 Å². The van der Waals surface area contributed by atoms with E-state index in [0.717, 1.165) is 26.5 Å². The molecule has 1 saturated carbocycles. The second-order valence-corrected chi connectivity index (χ2v) is 9.72. The van der Waals surface area contributed by atoms with E-state index in [2.05, 4.69) is 21.7 Å². The zero-order valence-corrected chi connectivity index (χ0v) is 18.6. The van der Waals surface area contributed by atoms with Crippen molar-refractivity contribution in [2.75, 3.05) is 10.6 Å². The van der Waals surface area contributed by atoms with Gasteiger partial charge in [0, 0.05) is 4.88 Å². The molecule has 1 fully saturated rings. The van der Waals surface area contributed by atoms with Crippen LogP contribution in [0.4, 0.5) is 11.8 Å². The number of hydrogen-bond acceptors (Lipinski definition) is 9. The van der Waals surface area contributed by atoms with E-state index in [1.807, 2.05) is 42.6 Å². The number of fused-ring (bicyclic) bond motifs is 1. The predicted molar refractivity (Wildman–Crippen MR) is 126 cm³/mol. The highest BCUT2D eigenvalue weighted by Crippen LogP contribution is 2.37. The first kappa shape index (κ1) is 20.3. The highest BCUT2D eigenvalue weighted by Gasteiger charge is 2.34. The molecule has 5 rings (SSSR count). The van der Waals surface area contributed by atoms with Crippen molar-refractivity contribution in [2.24, 2.45) is 0 Å². The Morgan fingerprint density at radius 2 is 1.94 bits per heavy atom. The summed E-state index contributed by atoms with van der Waals surface area (Å²) in [6, 6.07) is 11.8. The Bertz CT molecular complexity index is 1160. The summed E-state index contributed by atoms with van der Waals surface area (Å²) >= 11 is 3.27. The van der Waals surface area contributed by atoms with E-state index in [9.17, 15) is 10.2 Å². The summed E-state index contributed by atoms with van der Waals surface area (Å²) < 4.78 is 1.10. The van der Waals surface area contributed by atoms with E-state index in [-0.39, 0.29) is 6.04 Å². The molecule has 9 heteroatoms. The minimum atomic E-state index is -0.832.